The van der Waals surface area contributed by atoms with Crippen LogP contribution in [0, 0.1) is 5.41 Å². The van der Waals surface area contributed by atoms with Crippen LogP contribution in [0.25, 0.3) is 0 Å². The normalized spacial score (nSPS) is 25.6. The Morgan fingerprint density at radius 1 is 1.22 bits per heavy atom. The number of anilines is 1. The predicted octanol–water partition coefficient (Wildman–Crippen LogP) is 1.57. The zero-order chi connectivity index (χ0) is 13.3. The SMILES string of the molecule is CCc1nnc(NC2CC(O)C2(C)C)nc1CC. The summed E-state index contributed by atoms with van der Waals surface area (Å²) >= 11 is 0. The lowest BCUT2D eigenvalue weighted by molar-refractivity contribution is -0.0513. The van der Waals surface area contributed by atoms with E-state index in [1.807, 2.05) is 13.8 Å². The van der Waals surface area contributed by atoms with Gasteiger partial charge in [0.05, 0.1) is 17.5 Å². The summed E-state index contributed by atoms with van der Waals surface area (Å²) < 4.78 is 0. The van der Waals surface area contributed by atoms with Gasteiger partial charge in [0.1, 0.15) is 0 Å². The molecule has 1 aromatic heterocycles. The first kappa shape index (κ1) is 13.2. The van der Waals surface area contributed by atoms with Crippen molar-refractivity contribution in [3.8, 4) is 0 Å². The van der Waals surface area contributed by atoms with Gasteiger partial charge in [0.2, 0.25) is 5.95 Å². The third-order valence-electron chi connectivity index (χ3n) is 4.03. The fraction of sp³-hybridized carbons (Fsp3) is 0.769. The second kappa shape index (κ2) is 4.80. The molecule has 0 aromatic carbocycles. The second-order valence-electron chi connectivity index (χ2n) is 5.51. The van der Waals surface area contributed by atoms with Crippen LogP contribution in [0.15, 0.2) is 0 Å². The highest BCUT2D eigenvalue weighted by Gasteiger charge is 2.47. The molecule has 1 saturated carbocycles. The van der Waals surface area contributed by atoms with E-state index in [0.717, 1.165) is 30.7 Å². The first-order valence-corrected chi connectivity index (χ1v) is 6.66. The maximum Gasteiger partial charge on any atom is 0.243 e. The smallest absolute Gasteiger partial charge is 0.243 e. The highest BCUT2D eigenvalue weighted by Crippen LogP contribution is 2.41. The average molecular weight is 250 g/mol. The van der Waals surface area contributed by atoms with Crippen molar-refractivity contribution in [3.05, 3.63) is 11.4 Å². The van der Waals surface area contributed by atoms with Crippen molar-refractivity contribution < 1.29 is 5.11 Å². The molecule has 18 heavy (non-hydrogen) atoms. The molecule has 100 valence electrons. The van der Waals surface area contributed by atoms with Crippen LogP contribution in [0.3, 0.4) is 0 Å². The van der Waals surface area contributed by atoms with E-state index in [2.05, 4.69) is 34.3 Å². The Morgan fingerprint density at radius 2 is 1.89 bits per heavy atom. The quantitative estimate of drug-likeness (QED) is 0.848. The number of aliphatic hydroxyl groups excluding tert-OH is 1. The molecule has 0 spiro atoms. The van der Waals surface area contributed by atoms with Crippen LogP contribution in [0.4, 0.5) is 5.95 Å². The number of rotatable bonds is 4. The molecule has 1 aliphatic carbocycles. The van der Waals surface area contributed by atoms with Gasteiger partial charge in [-0.15, -0.1) is 5.10 Å². The monoisotopic (exact) mass is 250 g/mol. The zero-order valence-corrected chi connectivity index (χ0v) is 11.6. The molecular formula is C13H22N4O. The lowest BCUT2D eigenvalue weighted by Gasteiger charge is -2.49. The molecule has 1 heterocycles. The third-order valence-corrected chi connectivity index (χ3v) is 4.03. The summed E-state index contributed by atoms with van der Waals surface area (Å²) in [5.74, 6) is 0.578. The van der Waals surface area contributed by atoms with Crippen LogP contribution < -0.4 is 5.32 Å². The number of hydrogen-bond donors (Lipinski definition) is 2. The summed E-state index contributed by atoms with van der Waals surface area (Å²) in [6, 6.07) is 0.214. The van der Waals surface area contributed by atoms with Crippen LogP contribution in [0.5, 0.6) is 0 Å². The van der Waals surface area contributed by atoms with Crippen molar-refractivity contribution in [1.82, 2.24) is 15.2 Å². The molecule has 1 aliphatic rings. The molecule has 0 saturated heterocycles. The Bertz CT molecular complexity index is 433. The Hall–Kier alpha value is -1.23. The molecule has 0 amide bonds. The fourth-order valence-electron chi connectivity index (χ4n) is 2.30. The van der Waals surface area contributed by atoms with E-state index in [1.165, 1.54) is 0 Å². The van der Waals surface area contributed by atoms with Crippen molar-refractivity contribution in [2.24, 2.45) is 5.41 Å². The van der Waals surface area contributed by atoms with Gasteiger partial charge in [-0.3, -0.25) is 0 Å². The Labute approximate surface area is 108 Å². The molecule has 5 heteroatoms. The van der Waals surface area contributed by atoms with Crippen LogP contribution >= 0.6 is 0 Å². The molecular weight excluding hydrogens is 228 g/mol. The molecule has 1 aromatic rings. The van der Waals surface area contributed by atoms with Crippen molar-refractivity contribution in [2.45, 2.75) is 59.1 Å². The Balaban J connectivity index is 2.11. The first-order valence-electron chi connectivity index (χ1n) is 6.66. The minimum absolute atomic E-state index is 0.126. The number of aryl methyl sites for hydroxylation is 2. The summed E-state index contributed by atoms with van der Waals surface area (Å²) in [4.78, 5) is 4.51. The van der Waals surface area contributed by atoms with Crippen LogP contribution in [-0.4, -0.2) is 32.4 Å². The maximum absolute atomic E-state index is 9.71. The lowest BCUT2D eigenvalue weighted by Crippen LogP contribution is -2.57. The largest absolute Gasteiger partial charge is 0.392 e. The Kier molecular flexibility index (Phi) is 3.52. The van der Waals surface area contributed by atoms with Gasteiger partial charge < -0.3 is 10.4 Å². The van der Waals surface area contributed by atoms with E-state index in [1.54, 1.807) is 0 Å². The zero-order valence-electron chi connectivity index (χ0n) is 11.6. The minimum atomic E-state index is -0.247. The van der Waals surface area contributed by atoms with E-state index < -0.39 is 0 Å². The van der Waals surface area contributed by atoms with Gasteiger partial charge >= 0.3 is 0 Å². The van der Waals surface area contributed by atoms with Gasteiger partial charge in [-0.1, -0.05) is 27.7 Å². The van der Waals surface area contributed by atoms with Gasteiger partial charge in [-0.25, -0.2) is 4.98 Å². The van der Waals surface area contributed by atoms with Gasteiger partial charge in [0.25, 0.3) is 0 Å². The molecule has 2 atom stereocenters. The van der Waals surface area contributed by atoms with E-state index >= 15 is 0 Å². The molecule has 0 bridgehead atoms. The molecule has 5 nitrogen and oxygen atoms in total. The van der Waals surface area contributed by atoms with Crippen LogP contribution in [0.1, 0.15) is 45.5 Å². The number of nitrogens with zero attached hydrogens (tertiary/aromatic N) is 3. The molecule has 0 aliphatic heterocycles. The second-order valence-corrected chi connectivity index (χ2v) is 5.51. The molecule has 2 rings (SSSR count). The lowest BCUT2D eigenvalue weighted by atomic mass is 9.65. The highest BCUT2D eigenvalue weighted by molar-refractivity contribution is 5.30. The molecule has 2 N–H and O–H groups in total. The topological polar surface area (TPSA) is 70.9 Å². The van der Waals surface area contributed by atoms with Crippen LogP contribution in [0.2, 0.25) is 0 Å². The van der Waals surface area contributed by atoms with Gasteiger partial charge in [0, 0.05) is 11.5 Å². The van der Waals surface area contributed by atoms with Crippen molar-refractivity contribution in [1.29, 1.82) is 0 Å². The third kappa shape index (κ3) is 2.19. The minimum Gasteiger partial charge on any atom is -0.392 e. The summed E-state index contributed by atoms with van der Waals surface area (Å²) in [6.45, 7) is 8.23. The van der Waals surface area contributed by atoms with Gasteiger partial charge in [-0.2, -0.15) is 5.10 Å². The summed E-state index contributed by atoms with van der Waals surface area (Å²) in [5, 5.41) is 21.3. The van der Waals surface area contributed by atoms with Crippen molar-refractivity contribution in [3.63, 3.8) is 0 Å². The number of nitrogens with one attached hydrogen (secondary N) is 1. The van der Waals surface area contributed by atoms with Gasteiger partial charge in [0.15, 0.2) is 0 Å². The Morgan fingerprint density at radius 3 is 2.39 bits per heavy atom. The number of hydrogen-bond acceptors (Lipinski definition) is 5. The number of aromatic nitrogens is 3. The molecule has 2 unspecified atom stereocenters. The van der Waals surface area contributed by atoms with E-state index in [4.69, 9.17) is 0 Å². The first-order chi connectivity index (χ1) is 8.48. The van der Waals surface area contributed by atoms with Crippen LogP contribution in [-0.2, 0) is 12.8 Å². The van der Waals surface area contributed by atoms with Crippen molar-refractivity contribution >= 4 is 5.95 Å². The molecule has 0 radical (unpaired) electrons. The van der Waals surface area contributed by atoms with Crippen molar-refractivity contribution in [2.75, 3.05) is 5.32 Å². The maximum atomic E-state index is 9.71. The molecule has 1 fully saturated rings. The summed E-state index contributed by atoms with van der Waals surface area (Å²) in [5.41, 5.74) is 1.85. The number of aliphatic hydroxyl groups is 1. The standard InChI is InChI=1S/C13H22N4O/c1-5-8-9(6-2)16-17-12(14-8)15-10-7-11(18)13(10,3)4/h10-11,18H,5-7H2,1-4H3,(H,14,15,17). The predicted molar refractivity (Wildman–Crippen MR) is 70.4 cm³/mol. The highest BCUT2D eigenvalue weighted by atomic mass is 16.3. The van der Waals surface area contributed by atoms with Gasteiger partial charge in [-0.05, 0) is 19.3 Å². The summed E-state index contributed by atoms with van der Waals surface area (Å²) in [6.07, 6.45) is 2.22. The average Bonchev–Trinajstić information content (AvgIpc) is 2.38. The van der Waals surface area contributed by atoms with E-state index in [-0.39, 0.29) is 17.6 Å². The summed E-state index contributed by atoms with van der Waals surface area (Å²) in [7, 11) is 0. The fourth-order valence-corrected chi connectivity index (χ4v) is 2.30. The van der Waals surface area contributed by atoms with E-state index in [0.29, 0.717) is 5.95 Å². The van der Waals surface area contributed by atoms with E-state index in [9.17, 15) is 5.11 Å².